The van der Waals surface area contributed by atoms with Crippen molar-refractivity contribution in [3.63, 3.8) is 0 Å². The molecule has 2 heterocycles. The predicted octanol–water partition coefficient (Wildman–Crippen LogP) is 0.0473. The standard InChI is InChI=1S/C11H15N5O2/c1-7-2-10(17)16(11(18)3-7)6-8-4-14-9(15-12)5-13-8/h4-5,7H,2-3,6,12H2,1H3,(H,14,15). The molecule has 2 rings (SSSR count). The monoisotopic (exact) mass is 249 g/mol. The number of carbonyl (C=O) groups excluding carboxylic acids is 2. The number of likely N-dealkylation sites (tertiary alicyclic amines) is 1. The first kappa shape index (κ1) is 12.4. The average Bonchev–Trinajstić information content (AvgIpc) is 2.34. The van der Waals surface area contributed by atoms with Crippen LogP contribution >= 0.6 is 0 Å². The second-order valence-electron chi connectivity index (χ2n) is 4.42. The van der Waals surface area contributed by atoms with Gasteiger partial charge in [0.05, 0.1) is 24.6 Å². The van der Waals surface area contributed by atoms with Crippen molar-refractivity contribution in [2.75, 3.05) is 5.43 Å². The number of hydrazine groups is 1. The van der Waals surface area contributed by atoms with Crippen LogP contribution in [0.1, 0.15) is 25.5 Å². The third-order valence-electron chi connectivity index (χ3n) is 2.82. The summed E-state index contributed by atoms with van der Waals surface area (Å²) in [6.07, 6.45) is 3.76. The van der Waals surface area contributed by atoms with Crippen LogP contribution in [0, 0.1) is 5.92 Å². The summed E-state index contributed by atoms with van der Waals surface area (Å²) in [6.45, 7) is 2.07. The topological polar surface area (TPSA) is 101 Å². The normalized spacial score (nSPS) is 17.1. The lowest BCUT2D eigenvalue weighted by Crippen LogP contribution is -2.42. The molecule has 96 valence electrons. The Labute approximate surface area is 104 Å². The molecule has 1 fully saturated rings. The second-order valence-corrected chi connectivity index (χ2v) is 4.42. The molecule has 2 amide bonds. The molecule has 1 aliphatic heterocycles. The van der Waals surface area contributed by atoms with Gasteiger partial charge < -0.3 is 5.43 Å². The molecule has 0 aliphatic carbocycles. The lowest BCUT2D eigenvalue weighted by Gasteiger charge is -2.27. The minimum absolute atomic E-state index is 0.121. The maximum atomic E-state index is 11.8. The Bertz CT molecular complexity index is 441. The maximum absolute atomic E-state index is 11.8. The Morgan fingerprint density at radius 2 is 2.00 bits per heavy atom. The number of nitrogen functional groups attached to an aromatic ring is 1. The summed E-state index contributed by atoms with van der Waals surface area (Å²) in [4.78, 5) is 32.8. The van der Waals surface area contributed by atoms with E-state index < -0.39 is 0 Å². The number of hydrogen-bond donors (Lipinski definition) is 2. The van der Waals surface area contributed by atoms with E-state index in [1.807, 2.05) is 6.92 Å². The van der Waals surface area contributed by atoms with Gasteiger partial charge in [-0.25, -0.2) is 10.8 Å². The molecule has 7 nitrogen and oxygen atoms in total. The fourth-order valence-corrected chi connectivity index (χ4v) is 1.88. The molecule has 18 heavy (non-hydrogen) atoms. The van der Waals surface area contributed by atoms with E-state index in [1.165, 1.54) is 17.3 Å². The zero-order valence-electron chi connectivity index (χ0n) is 10.1. The van der Waals surface area contributed by atoms with E-state index in [0.29, 0.717) is 24.4 Å². The molecular weight excluding hydrogens is 234 g/mol. The van der Waals surface area contributed by atoms with Crippen LogP contribution in [0.15, 0.2) is 12.4 Å². The number of carbonyl (C=O) groups is 2. The highest BCUT2D eigenvalue weighted by atomic mass is 16.2. The number of nitrogens with one attached hydrogen (secondary N) is 1. The van der Waals surface area contributed by atoms with Gasteiger partial charge in [0.2, 0.25) is 11.8 Å². The number of imide groups is 1. The van der Waals surface area contributed by atoms with Crippen molar-refractivity contribution in [3.8, 4) is 0 Å². The first-order valence-corrected chi connectivity index (χ1v) is 5.71. The molecule has 3 N–H and O–H groups in total. The van der Waals surface area contributed by atoms with Crippen LogP contribution in [0.5, 0.6) is 0 Å². The summed E-state index contributed by atoms with van der Waals surface area (Å²) in [6, 6.07) is 0. The van der Waals surface area contributed by atoms with Crippen LogP contribution in [0.3, 0.4) is 0 Å². The van der Waals surface area contributed by atoms with Gasteiger partial charge in [0.1, 0.15) is 0 Å². The highest BCUT2D eigenvalue weighted by Gasteiger charge is 2.30. The van der Waals surface area contributed by atoms with E-state index in [9.17, 15) is 9.59 Å². The zero-order valence-corrected chi connectivity index (χ0v) is 10.1. The molecule has 0 unspecified atom stereocenters. The number of rotatable bonds is 3. The van der Waals surface area contributed by atoms with Crippen molar-refractivity contribution in [2.24, 2.45) is 11.8 Å². The number of piperidine rings is 1. The molecule has 7 heteroatoms. The van der Waals surface area contributed by atoms with Gasteiger partial charge in [-0.15, -0.1) is 0 Å². The SMILES string of the molecule is CC1CC(=O)N(Cc2cnc(NN)cn2)C(=O)C1. The zero-order chi connectivity index (χ0) is 13.1. The van der Waals surface area contributed by atoms with Gasteiger partial charge in [-0.3, -0.25) is 19.5 Å². The first-order valence-electron chi connectivity index (χ1n) is 5.71. The van der Waals surface area contributed by atoms with Crippen LogP contribution in [-0.2, 0) is 16.1 Å². The van der Waals surface area contributed by atoms with E-state index in [0.717, 1.165) is 0 Å². The molecule has 0 saturated carbocycles. The van der Waals surface area contributed by atoms with Crippen molar-refractivity contribution in [1.82, 2.24) is 14.9 Å². The number of nitrogens with zero attached hydrogens (tertiary/aromatic N) is 3. The number of aromatic nitrogens is 2. The predicted molar refractivity (Wildman–Crippen MR) is 63.8 cm³/mol. The van der Waals surface area contributed by atoms with E-state index >= 15 is 0 Å². The van der Waals surface area contributed by atoms with Gasteiger partial charge in [0.15, 0.2) is 5.82 Å². The fraction of sp³-hybridized carbons (Fsp3) is 0.455. The van der Waals surface area contributed by atoms with Crippen molar-refractivity contribution in [3.05, 3.63) is 18.1 Å². The Morgan fingerprint density at radius 1 is 1.33 bits per heavy atom. The summed E-state index contributed by atoms with van der Waals surface area (Å²) in [5.41, 5.74) is 2.92. The van der Waals surface area contributed by atoms with E-state index in [1.54, 1.807) is 0 Å². The maximum Gasteiger partial charge on any atom is 0.229 e. The summed E-state index contributed by atoms with van der Waals surface area (Å²) >= 11 is 0. The Morgan fingerprint density at radius 3 is 2.50 bits per heavy atom. The lowest BCUT2D eigenvalue weighted by molar-refractivity contribution is -0.150. The van der Waals surface area contributed by atoms with E-state index in [-0.39, 0.29) is 24.3 Å². The molecule has 0 aromatic carbocycles. The third kappa shape index (κ3) is 2.62. The molecule has 0 spiro atoms. The molecular formula is C11H15N5O2. The first-order chi connectivity index (χ1) is 8.60. The molecule has 1 aromatic heterocycles. The van der Waals surface area contributed by atoms with Crippen molar-refractivity contribution < 1.29 is 9.59 Å². The molecule has 0 bridgehead atoms. The van der Waals surface area contributed by atoms with Gasteiger partial charge in [-0.2, -0.15) is 0 Å². The number of anilines is 1. The van der Waals surface area contributed by atoms with Gasteiger partial charge in [0.25, 0.3) is 0 Å². The Balaban J connectivity index is 2.07. The minimum atomic E-state index is -0.151. The average molecular weight is 249 g/mol. The number of hydrogen-bond acceptors (Lipinski definition) is 6. The summed E-state index contributed by atoms with van der Waals surface area (Å²) in [5, 5.41) is 0. The summed E-state index contributed by atoms with van der Waals surface area (Å²) in [7, 11) is 0. The van der Waals surface area contributed by atoms with Crippen LogP contribution in [0.25, 0.3) is 0 Å². The number of nitrogens with two attached hydrogens (primary N) is 1. The second kappa shape index (κ2) is 5.09. The van der Waals surface area contributed by atoms with Crippen LogP contribution in [0.2, 0.25) is 0 Å². The van der Waals surface area contributed by atoms with Crippen LogP contribution in [-0.4, -0.2) is 26.7 Å². The highest BCUT2D eigenvalue weighted by molar-refractivity contribution is 5.97. The van der Waals surface area contributed by atoms with Crippen molar-refractivity contribution in [1.29, 1.82) is 0 Å². The lowest BCUT2D eigenvalue weighted by atomic mass is 9.98. The smallest absolute Gasteiger partial charge is 0.229 e. The van der Waals surface area contributed by atoms with Gasteiger partial charge >= 0.3 is 0 Å². The quantitative estimate of drug-likeness (QED) is 0.446. The largest absolute Gasteiger partial charge is 0.307 e. The van der Waals surface area contributed by atoms with Gasteiger partial charge in [-0.05, 0) is 5.92 Å². The molecule has 1 saturated heterocycles. The Kier molecular flexibility index (Phi) is 3.52. The molecule has 0 radical (unpaired) electrons. The van der Waals surface area contributed by atoms with Crippen LogP contribution < -0.4 is 11.3 Å². The van der Waals surface area contributed by atoms with Crippen molar-refractivity contribution in [2.45, 2.75) is 26.3 Å². The van der Waals surface area contributed by atoms with Crippen molar-refractivity contribution >= 4 is 17.6 Å². The summed E-state index contributed by atoms with van der Waals surface area (Å²) < 4.78 is 0. The van der Waals surface area contributed by atoms with E-state index in [2.05, 4.69) is 15.4 Å². The summed E-state index contributed by atoms with van der Waals surface area (Å²) in [5.74, 6) is 5.43. The molecule has 1 aliphatic rings. The number of amides is 2. The third-order valence-corrected chi connectivity index (χ3v) is 2.82. The minimum Gasteiger partial charge on any atom is -0.307 e. The Hall–Kier alpha value is -2.02. The highest BCUT2D eigenvalue weighted by Crippen LogP contribution is 2.20. The molecule has 0 atom stereocenters. The van der Waals surface area contributed by atoms with Gasteiger partial charge in [-0.1, -0.05) is 6.92 Å². The van der Waals surface area contributed by atoms with Crippen LogP contribution in [0.4, 0.5) is 5.82 Å². The molecule has 1 aromatic rings. The fourth-order valence-electron chi connectivity index (χ4n) is 1.88. The van der Waals surface area contributed by atoms with E-state index in [4.69, 9.17) is 5.84 Å². The van der Waals surface area contributed by atoms with Gasteiger partial charge in [0, 0.05) is 12.8 Å².